The van der Waals surface area contributed by atoms with Gasteiger partial charge in [-0.1, -0.05) is 0 Å². The van der Waals surface area contributed by atoms with E-state index in [2.05, 4.69) is 10.2 Å². The fraction of sp³-hybridized carbons (Fsp3) is 0.238. The zero-order valence-electron chi connectivity index (χ0n) is 16.8. The molecule has 4 rings (SSSR count). The molecule has 0 spiro atoms. The van der Waals surface area contributed by atoms with Crippen molar-refractivity contribution in [2.24, 2.45) is 0 Å². The molecule has 32 heavy (non-hydrogen) atoms. The topological polar surface area (TPSA) is 138 Å². The van der Waals surface area contributed by atoms with E-state index < -0.39 is 10.9 Å². The van der Waals surface area contributed by atoms with Gasteiger partial charge in [0.25, 0.3) is 11.6 Å². The van der Waals surface area contributed by atoms with Gasteiger partial charge in [0.05, 0.1) is 4.92 Å². The van der Waals surface area contributed by atoms with Crippen LogP contribution in [0.3, 0.4) is 0 Å². The molecule has 0 aliphatic carbocycles. The zero-order chi connectivity index (χ0) is 22.5. The molecule has 0 unspecified atom stereocenters. The minimum Gasteiger partial charge on any atom is -0.482 e. The van der Waals surface area contributed by atoms with Crippen LogP contribution in [0.4, 0.5) is 11.4 Å². The number of anilines is 1. The normalized spacial score (nSPS) is 13.2. The average Bonchev–Trinajstić information content (AvgIpc) is 3.46. The number of carbonyl (C=O) groups is 2. The summed E-state index contributed by atoms with van der Waals surface area (Å²) in [7, 11) is 0. The van der Waals surface area contributed by atoms with Crippen LogP contribution >= 0.6 is 0 Å². The number of ether oxygens (including phenoxy) is 2. The van der Waals surface area contributed by atoms with Crippen LogP contribution in [0, 0.1) is 10.1 Å². The van der Waals surface area contributed by atoms with E-state index in [1.54, 1.807) is 29.2 Å². The van der Waals surface area contributed by atoms with Gasteiger partial charge in [-0.15, -0.1) is 10.2 Å². The second kappa shape index (κ2) is 9.25. The van der Waals surface area contributed by atoms with Crippen molar-refractivity contribution in [2.75, 3.05) is 18.1 Å². The number of nitro groups is 1. The summed E-state index contributed by atoms with van der Waals surface area (Å²) < 4.78 is 15.9. The Morgan fingerprint density at radius 2 is 1.88 bits per heavy atom. The van der Waals surface area contributed by atoms with Crippen LogP contribution in [0.2, 0.25) is 0 Å². The Bertz CT molecular complexity index is 1130. The number of esters is 1. The van der Waals surface area contributed by atoms with E-state index in [0.29, 0.717) is 24.3 Å². The van der Waals surface area contributed by atoms with Crippen LogP contribution in [-0.2, 0) is 20.9 Å². The lowest BCUT2D eigenvalue weighted by Gasteiger charge is -2.15. The number of nitrogens with zero attached hydrogens (tertiary/aromatic N) is 4. The van der Waals surface area contributed by atoms with Crippen molar-refractivity contribution in [3.63, 3.8) is 0 Å². The summed E-state index contributed by atoms with van der Waals surface area (Å²) in [6.07, 6.45) is 1.40. The molecule has 0 saturated carbocycles. The second-order valence-corrected chi connectivity index (χ2v) is 6.90. The predicted octanol–water partition coefficient (Wildman–Crippen LogP) is 2.89. The van der Waals surface area contributed by atoms with E-state index in [-0.39, 0.29) is 36.6 Å². The van der Waals surface area contributed by atoms with Crippen molar-refractivity contribution < 1.29 is 28.4 Å². The molecule has 1 saturated heterocycles. The van der Waals surface area contributed by atoms with E-state index in [1.165, 1.54) is 24.3 Å². The maximum Gasteiger partial charge on any atom is 0.344 e. The minimum absolute atomic E-state index is 0.0541. The summed E-state index contributed by atoms with van der Waals surface area (Å²) in [5.74, 6) is 0.166. The van der Waals surface area contributed by atoms with Crippen LogP contribution in [0.15, 0.2) is 52.9 Å². The van der Waals surface area contributed by atoms with Crippen molar-refractivity contribution in [1.82, 2.24) is 10.2 Å². The van der Waals surface area contributed by atoms with Crippen molar-refractivity contribution in [2.45, 2.75) is 19.4 Å². The Labute approximate surface area is 181 Å². The molecular formula is C21H18N4O7. The Balaban J connectivity index is 1.25. The number of benzene rings is 2. The first-order valence-electron chi connectivity index (χ1n) is 9.75. The molecule has 2 heterocycles. The second-order valence-electron chi connectivity index (χ2n) is 6.90. The Hall–Kier alpha value is -4.28. The lowest BCUT2D eigenvalue weighted by Crippen LogP contribution is -2.23. The highest BCUT2D eigenvalue weighted by atomic mass is 16.6. The van der Waals surface area contributed by atoms with Gasteiger partial charge in [-0.3, -0.25) is 14.9 Å². The van der Waals surface area contributed by atoms with Gasteiger partial charge in [0.2, 0.25) is 11.8 Å². The lowest BCUT2D eigenvalue weighted by atomic mass is 10.2. The summed E-state index contributed by atoms with van der Waals surface area (Å²) in [6, 6.07) is 12.5. The SMILES string of the molecule is O=C(COc1ccc(N2CCCC2=O)cc1)OCc1nnc(-c2ccc([N+](=O)[O-])cc2)o1. The summed E-state index contributed by atoms with van der Waals surface area (Å²) in [6.45, 7) is 0.149. The molecule has 1 amide bonds. The molecule has 2 aromatic carbocycles. The third-order valence-electron chi connectivity index (χ3n) is 4.73. The number of amides is 1. The molecule has 11 nitrogen and oxygen atoms in total. The number of non-ortho nitro benzene ring substituents is 1. The minimum atomic E-state index is -0.626. The van der Waals surface area contributed by atoms with E-state index in [9.17, 15) is 19.7 Å². The summed E-state index contributed by atoms with van der Waals surface area (Å²) in [5, 5.41) is 18.3. The molecule has 1 aliphatic rings. The predicted molar refractivity (Wildman–Crippen MR) is 110 cm³/mol. The summed E-state index contributed by atoms with van der Waals surface area (Å²) in [4.78, 5) is 35.6. The van der Waals surface area contributed by atoms with Crippen molar-refractivity contribution in [3.8, 4) is 17.2 Å². The van der Waals surface area contributed by atoms with Crippen LogP contribution in [0.25, 0.3) is 11.5 Å². The molecule has 1 fully saturated rings. The highest BCUT2D eigenvalue weighted by Gasteiger charge is 2.21. The molecule has 1 aromatic heterocycles. The largest absolute Gasteiger partial charge is 0.482 e. The van der Waals surface area contributed by atoms with Crippen LogP contribution in [0.1, 0.15) is 18.7 Å². The van der Waals surface area contributed by atoms with Gasteiger partial charge in [0.1, 0.15) is 5.75 Å². The molecule has 1 aliphatic heterocycles. The number of hydrogen-bond donors (Lipinski definition) is 0. The smallest absolute Gasteiger partial charge is 0.344 e. The molecule has 11 heteroatoms. The number of aromatic nitrogens is 2. The third-order valence-corrected chi connectivity index (χ3v) is 4.73. The number of nitro benzene ring substituents is 1. The Kier molecular flexibility index (Phi) is 6.06. The van der Waals surface area contributed by atoms with Gasteiger partial charge in [-0.25, -0.2) is 4.79 Å². The van der Waals surface area contributed by atoms with Gasteiger partial charge in [0.15, 0.2) is 13.2 Å². The zero-order valence-corrected chi connectivity index (χ0v) is 16.8. The van der Waals surface area contributed by atoms with Gasteiger partial charge in [0, 0.05) is 36.3 Å². The van der Waals surface area contributed by atoms with Crippen molar-refractivity contribution in [1.29, 1.82) is 0 Å². The van der Waals surface area contributed by atoms with Gasteiger partial charge >= 0.3 is 5.97 Å². The first kappa shape index (κ1) is 21.0. The van der Waals surface area contributed by atoms with Crippen LogP contribution in [-0.4, -0.2) is 40.1 Å². The quantitative estimate of drug-likeness (QED) is 0.295. The monoisotopic (exact) mass is 438 g/mol. The molecule has 164 valence electrons. The van der Waals surface area contributed by atoms with E-state index in [0.717, 1.165) is 12.1 Å². The molecular weight excluding hydrogens is 420 g/mol. The van der Waals surface area contributed by atoms with Crippen LogP contribution in [0.5, 0.6) is 5.75 Å². The van der Waals surface area contributed by atoms with E-state index >= 15 is 0 Å². The highest BCUT2D eigenvalue weighted by Crippen LogP contribution is 2.24. The first-order valence-corrected chi connectivity index (χ1v) is 9.75. The van der Waals surface area contributed by atoms with E-state index in [1.807, 2.05) is 0 Å². The number of rotatable bonds is 8. The van der Waals surface area contributed by atoms with Crippen molar-refractivity contribution in [3.05, 3.63) is 64.5 Å². The van der Waals surface area contributed by atoms with Gasteiger partial charge < -0.3 is 18.8 Å². The Morgan fingerprint density at radius 1 is 1.12 bits per heavy atom. The lowest BCUT2D eigenvalue weighted by molar-refractivity contribution is -0.384. The molecule has 0 radical (unpaired) electrons. The standard InChI is InChI=1S/C21H18N4O7/c26-19-2-1-11-24(19)15-7-9-17(10-8-15)30-13-20(27)31-12-18-22-23-21(32-18)14-3-5-16(6-4-14)25(28)29/h3-10H,1-2,11-13H2. The maximum absolute atomic E-state index is 11.9. The summed E-state index contributed by atoms with van der Waals surface area (Å²) >= 11 is 0. The molecule has 0 atom stereocenters. The maximum atomic E-state index is 11.9. The molecule has 0 N–H and O–H groups in total. The first-order chi connectivity index (χ1) is 15.5. The van der Waals surface area contributed by atoms with Crippen molar-refractivity contribution >= 4 is 23.3 Å². The van der Waals surface area contributed by atoms with E-state index in [4.69, 9.17) is 13.9 Å². The fourth-order valence-corrected chi connectivity index (χ4v) is 3.12. The Morgan fingerprint density at radius 3 is 2.53 bits per heavy atom. The fourth-order valence-electron chi connectivity index (χ4n) is 3.12. The van der Waals surface area contributed by atoms with Gasteiger partial charge in [-0.2, -0.15) is 0 Å². The number of hydrogen-bond acceptors (Lipinski definition) is 9. The van der Waals surface area contributed by atoms with Gasteiger partial charge in [-0.05, 0) is 42.8 Å². The number of carbonyl (C=O) groups excluding carboxylic acids is 2. The van der Waals surface area contributed by atoms with Crippen LogP contribution < -0.4 is 9.64 Å². The average molecular weight is 438 g/mol. The molecule has 3 aromatic rings. The highest BCUT2D eigenvalue weighted by molar-refractivity contribution is 5.95. The third kappa shape index (κ3) is 4.89. The molecule has 0 bridgehead atoms. The summed E-state index contributed by atoms with van der Waals surface area (Å²) in [5.41, 5.74) is 1.24.